The van der Waals surface area contributed by atoms with E-state index in [1.54, 1.807) is 0 Å². The smallest absolute Gasteiger partial charge is 0.331 e. The lowest BCUT2D eigenvalue weighted by Crippen LogP contribution is -2.35. The van der Waals surface area contributed by atoms with Crippen molar-refractivity contribution in [2.24, 2.45) is 0 Å². The number of esters is 1. The molecule has 0 saturated heterocycles. The number of nitrogens with zero attached hydrogens (tertiary/aromatic N) is 1. The Kier molecular flexibility index (Phi) is 8.91. The van der Waals surface area contributed by atoms with Gasteiger partial charge in [-0.1, -0.05) is 39.7 Å². The summed E-state index contributed by atoms with van der Waals surface area (Å²) in [6.45, 7) is 11.1. The lowest BCUT2D eigenvalue weighted by atomic mass is 10.1. The van der Waals surface area contributed by atoms with E-state index in [1.807, 2.05) is 0 Å². The molecule has 0 N–H and O–H groups in total. The summed E-state index contributed by atoms with van der Waals surface area (Å²) in [6.07, 6.45) is 6.12. The second-order valence-electron chi connectivity index (χ2n) is 4.05. The van der Waals surface area contributed by atoms with E-state index in [0.717, 1.165) is 13.0 Å². The lowest BCUT2D eigenvalue weighted by molar-refractivity contribution is -0.143. The molecule has 0 aromatic rings. The minimum absolute atomic E-state index is 0.348. The van der Waals surface area contributed by atoms with Crippen molar-refractivity contribution >= 4 is 5.97 Å². The molecule has 0 heterocycles. The van der Waals surface area contributed by atoms with Gasteiger partial charge in [0, 0.05) is 12.1 Å². The van der Waals surface area contributed by atoms with Gasteiger partial charge in [-0.3, -0.25) is 4.90 Å². The lowest BCUT2D eigenvalue weighted by Gasteiger charge is -2.26. The van der Waals surface area contributed by atoms with Gasteiger partial charge in [-0.2, -0.15) is 0 Å². The maximum Gasteiger partial charge on any atom is 0.331 e. The Balaban J connectivity index is 3.86. The summed E-state index contributed by atoms with van der Waals surface area (Å²) in [5.74, 6) is -0.348. The third-order valence-electron chi connectivity index (χ3n) is 2.79. The molecular weight excluding hydrogens is 202 g/mol. The second kappa shape index (κ2) is 9.40. The molecule has 3 nitrogen and oxygen atoms in total. The monoisotopic (exact) mass is 227 g/mol. The Morgan fingerprint density at radius 2 is 2.12 bits per heavy atom. The molecule has 0 aromatic heterocycles. The Hall–Kier alpha value is -0.830. The highest BCUT2D eigenvalue weighted by Gasteiger charge is 2.12. The first-order chi connectivity index (χ1) is 7.65. The molecule has 0 radical (unpaired) electrons. The molecule has 0 rings (SSSR count). The van der Waals surface area contributed by atoms with Crippen LogP contribution in [0.15, 0.2) is 12.7 Å². The van der Waals surface area contributed by atoms with Gasteiger partial charge >= 0.3 is 5.97 Å². The van der Waals surface area contributed by atoms with E-state index in [9.17, 15) is 4.79 Å². The number of hydrogen-bond donors (Lipinski definition) is 0. The number of ether oxygens (including phenoxy) is 1. The zero-order valence-electron chi connectivity index (χ0n) is 10.9. The van der Waals surface area contributed by atoms with Crippen molar-refractivity contribution in [2.75, 3.05) is 13.3 Å². The van der Waals surface area contributed by atoms with E-state index in [1.165, 1.54) is 25.3 Å². The van der Waals surface area contributed by atoms with Gasteiger partial charge in [0.25, 0.3) is 0 Å². The molecule has 0 bridgehead atoms. The summed E-state index contributed by atoms with van der Waals surface area (Å²) in [7, 11) is 0. The van der Waals surface area contributed by atoms with E-state index in [2.05, 4.69) is 32.3 Å². The molecule has 0 aliphatic carbocycles. The standard InChI is InChI=1S/C13H25NO2/c1-5-8-9-10-12(4)14(7-3)11-16-13(15)6-2/h6,12H,2,5,7-11H2,1,3-4H3. The molecule has 16 heavy (non-hydrogen) atoms. The Labute approximate surface area is 99.5 Å². The molecular formula is C13H25NO2. The molecule has 0 aromatic carbocycles. The van der Waals surface area contributed by atoms with Crippen LogP contribution in [0.1, 0.15) is 46.5 Å². The maximum absolute atomic E-state index is 10.9. The van der Waals surface area contributed by atoms with Gasteiger partial charge in [0.2, 0.25) is 0 Å². The van der Waals surface area contributed by atoms with Gasteiger partial charge in [0.15, 0.2) is 0 Å². The first kappa shape index (κ1) is 15.2. The van der Waals surface area contributed by atoms with E-state index in [0.29, 0.717) is 12.8 Å². The van der Waals surface area contributed by atoms with Crippen LogP contribution >= 0.6 is 0 Å². The van der Waals surface area contributed by atoms with Crippen LogP contribution in [-0.2, 0) is 9.53 Å². The third-order valence-corrected chi connectivity index (χ3v) is 2.79. The normalized spacial score (nSPS) is 12.5. The first-order valence-corrected chi connectivity index (χ1v) is 6.18. The van der Waals surface area contributed by atoms with Crippen LogP contribution in [0.4, 0.5) is 0 Å². The van der Waals surface area contributed by atoms with Gasteiger partial charge in [-0.05, 0) is 19.9 Å². The van der Waals surface area contributed by atoms with Crippen LogP contribution in [0.5, 0.6) is 0 Å². The quantitative estimate of drug-likeness (QED) is 0.262. The van der Waals surface area contributed by atoms with E-state index < -0.39 is 0 Å². The average Bonchev–Trinajstić information content (AvgIpc) is 2.29. The molecule has 0 aliphatic rings. The van der Waals surface area contributed by atoms with E-state index in [4.69, 9.17) is 4.74 Å². The van der Waals surface area contributed by atoms with Gasteiger partial charge in [-0.15, -0.1) is 0 Å². The van der Waals surface area contributed by atoms with Crippen LogP contribution in [0.2, 0.25) is 0 Å². The summed E-state index contributed by atoms with van der Waals surface area (Å²) >= 11 is 0. The van der Waals surface area contributed by atoms with E-state index >= 15 is 0 Å². The predicted molar refractivity (Wildman–Crippen MR) is 67.1 cm³/mol. The van der Waals surface area contributed by atoms with Crippen molar-refractivity contribution in [1.82, 2.24) is 4.90 Å². The van der Waals surface area contributed by atoms with Crippen molar-refractivity contribution in [3.05, 3.63) is 12.7 Å². The van der Waals surface area contributed by atoms with Gasteiger partial charge in [0.1, 0.15) is 6.73 Å². The summed E-state index contributed by atoms with van der Waals surface area (Å²) in [5.41, 5.74) is 0. The van der Waals surface area contributed by atoms with Gasteiger partial charge in [0.05, 0.1) is 0 Å². The molecule has 3 heteroatoms. The van der Waals surface area contributed by atoms with Crippen molar-refractivity contribution in [3.63, 3.8) is 0 Å². The molecule has 0 fully saturated rings. The molecule has 94 valence electrons. The minimum atomic E-state index is -0.348. The van der Waals surface area contributed by atoms with Crippen LogP contribution in [0.3, 0.4) is 0 Å². The average molecular weight is 227 g/mol. The fraction of sp³-hybridized carbons (Fsp3) is 0.769. The molecule has 0 saturated carbocycles. The Bertz CT molecular complexity index is 204. The van der Waals surface area contributed by atoms with Crippen LogP contribution in [0, 0.1) is 0 Å². The highest BCUT2D eigenvalue weighted by molar-refractivity contribution is 5.81. The second-order valence-corrected chi connectivity index (χ2v) is 4.05. The van der Waals surface area contributed by atoms with Crippen molar-refractivity contribution in [2.45, 2.75) is 52.5 Å². The third kappa shape index (κ3) is 6.62. The highest BCUT2D eigenvalue weighted by atomic mass is 16.5. The van der Waals surface area contributed by atoms with Crippen LogP contribution in [0.25, 0.3) is 0 Å². The maximum atomic E-state index is 10.9. The van der Waals surface area contributed by atoms with E-state index in [-0.39, 0.29) is 5.97 Å². The van der Waals surface area contributed by atoms with Crippen molar-refractivity contribution < 1.29 is 9.53 Å². The summed E-state index contributed by atoms with van der Waals surface area (Å²) in [4.78, 5) is 13.1. The first-order valence-electron chi connectivity index (χ1n) is 6.18. The summed E-state index contributed by atoms with van der Waals surface area (Å²) in [5, 5.41) is 0. The summed E-state index contributed by atoms with van der Waals surface area (Å²) in [6, 6.07) is 0.467. The molecule has 1 unspecified atom stereocenters. The van der Waals surface area contributed by atoms with Crippen molar-refractivity contribution in [1.29, 1.82) is 0 Å². The molecule has 0 amide bonds. The predicted octanol–water partition coefficient (Wildman–Crippen LogP) is 2.96. The van der Waals surface area contributed by atoms with Crippen LogP contribution in [-0.4, -0.2) is 30.2 Å². The minimum Gasteiger partial charge on any atom is -0.446 e. The fourth-order valence-electron chi connectivity index (χ4n) is 1.61. The van der Waals surface area contributed by atoms with Crippen molar-refractivity contribution in [3.8, 4) is 0 Å². The van der Waals surface area contributed by atoms with Crippen LogP contribution < -0.4 is 0 Å². The highest BCUT2D eigenvalue weighted by Crippen LogP contribution is 2.09. The zero-order chi connectivity index (χ0) is 12.4. The largest absolute Gasteiger partial charge is 0.446 e. The SMILES string of the molecule is C=CC(=O)OCN(CC)C(C)CCCCC. The fourth-order valence-corrected chi connectivity index (χ4v) is 1.61. The summed E-state index contributed by atoms with van der Waals surface area (Å²) < 4.78 is 5.04. The van der Waals surface area contributed by atoms with Gasteiger partial charge < -0.3 is 4.74 Å². The molecule has 1 atom stereocenters. The number of unbranched alkanes of at least 4 members (excludes halogenated alkanes) is 2. The van der Waals surface area contributed by atoms with Gasteiger partial charge in [-0.25, -0.2) is 4.79 Å². The number of carbonyl (C=O) groups excluding carboxylic acids is 1. The number of rotatable bonds is 9. The zero-order valence-corrected chi connectivity index (χ0v) is 10.9. The Morgan fingerprint density at radius 3 is 2.62 bits per heavy atom. The topological polar surface area (TPSA) is 29.5 Å². The Morgan fingerprint density at radius 1 is 1.44 bits per heavy atom. The molecule has 0 spiro atoms. The molecule has 0 aliphatic heterocycles. The number of carbonyl (C=O) groups is 1. The number of hydrogen-bond acceptors (Lipinski definition) is 3.